The van der Waals surface area contributed by atoms with Crippen LogP contribution in [0, 0.1) is 0 Å². The van der Waals surface area contributed by atoms with Crippen molar-refractivity contribution in [2.24, 2.45) is 0 Å². The Bertz CT molecular complexity index is 2160. The molecule has 0 fully saturated rings. The lowest BCUT2D eigenvalue weighted by molar-refractivity contribution is 0.560. The average Bonchev–Trinajstić information content (AvgIpc) is 3.38. The first kappa shape index (κ1) is 30.0. The number of para-hydroxylation sites is 1. The van der Waals surface area contributed by atoms with Crippen LogP contribution >= 0.6 is 12.6 Å². The van der Waals surface area contributed by atoms with Gasteiger partial charge in [-0.1, -0.05) is 102 Å². The van der Waals surface area contributed by atoms with E-state index >= 15 is 0 Å². The maximum Gasteiger partial charge on any atom is 0.146 e. The molecule has 4 aromatic carbocycles. The van der Waals surface area contributed by atoms with Gasteiger partial charge in [0, 0.05) is 38.7 Å². The van der Waals surface area contributed by atoms with Crippen molar-refractivity contribution in [3.63, 3.8) is 0 Å². The van der Waals surface area contributed by atoms with Crippen molar-refractivity contribution in [1.29, 1.82) is 0 Å². The van der Waals surface area contributed by atoms with Crippen LogP contribution in [0.1, 0.15) is 52.7 Å². The zero-order valence-electron chi connectivity index (χ0n) is 27.3. The molecule has 0 radical (unpaired) electrons. The molecule has 0 aliphatic rings. The van der Waals surface area contributed by atoms with Crippen LogP contribution in [-0.2, 0) is 10.8 Å². The minimum Gasteiger partial charge on any atom is -0.294 e. The van der Waals surface area contributed by atoms with E-state index in [4.69, 9.17) is 22.6 Å². The lowest BCUT2D eigenvalue weighted by atomic mass is 9.79. The summed E-state index contributed by atoms with van der Waals surface area (Å²) in [7, 11) is 0. The summed E-state index contributed by atoms with van der Waals surface area (Å²) in [4.78, 5) is 11.2. The third-order valence-electron chi connectivity index (χ3n) is 8.83. The van der Waals surface area contributed by atoms with Gasteiger partial charge in [0.2, 0.25) is 0 Å². The first-order chi connectivity index (χ1) is 22.0. The largest absolute Gasteiger partial charge is 0.294 e. The highest BCUT2D eigenvalue weighted by Crippen LogP contribution is 2.41. The van der Waals surface area contributed by atoms with E-state index in [1.165, 1.54) is 16.5 Å². The number of fused-ring (bicyclic) bond motifs is 3. The van der Waals surface area contributed by atoms with Crippen molar-refractivity contribution < 1.29 is 0 Å². The van der Waals surface area contributed by atoms with Crippen LogP contribution in [0.4, 0.5) is 0 Å². The Balaban J connectivity index is 1.53. The highest BCUT2D eigenvalue weighted by atomic mass is 32.1. The quantitative estimate of drug-likeness (QED) is 0.199. The first-order valence-corrected chi connectivity index (χ1v) is 16.3. The fraction of sp³-hybridized carbons (Fsp3) is 0.190. The van der Waals surface area contributed by atoms with Gasteiger partial charge >= 0.3 is 0 Å². The third kappa shape index (κ3) is 5.41. The van der Waals surface area contributed by atoms with Crippen LogP contribution in [0.25, 0.3) is 61.3 Å². The molecule has 3 heterocycles. The van der Waals surface area contributed by atoms with Crippen LogP contribution < -0.4 is 0 Å². The van der Waals surface area contributed by atoms with Gasteiger partial charge in [-0.3, -0.25) is 9.55 Å². The Kier molecular flexibility index (Phi) is 7.37. The fourth-order valence-corrected chi connectivity index (χ4v) is 6.88. The van der Waals surface area contributed by atoms with Crippen molar-refractivity contribution >= 4 is 34.6 Å². The summed E-state index contributed by atoms with van der Waals surface area (Å²) < 4.78 is 2.31. The molecule has 7 rings (SSSR count). The smallest absolute Gasteiger partial charge is 0.146 e. The van der Waals surface area contributed by atoms with E-state index in [2.05, 4.69) is 149 Å². The van der Waals surface area contributed by atoms with Crippen molar-refractivity contribution in [3.8, 4) is 39.3 Å². The Labute approximate surface area is 277 Å². The predicted octanol–water partition coefficient (Wildman–Crippen LogP) is 11.5. The zero-order valence-corrected chi connectivity index (χ0v) is 28.2. The fourth-order valence-electron chi connectivity index (χ4n) is 6.30. The van der Waals surface area contributed by atoms with Crippen LogP contribution in [0.2, 0.25) is 0 Å². The molecule has 0 atom stereocenters. The number of rotatable bonds is 4. The van der Waals surface area contributed by atoms with Crippen molar-refractivity contribution in [3.05, 3.63) is 133 Å². The molecule has 0 unspecified atom stereocenters. The third-order valence-corrected chi connectivity index (χ3v) is 9.31. The van der Waals surface area contributed by atoms with Gasteiger partial charge < -0.3 is 0 Å². The summed E-state index contributed by atoms with van der Waals surface area (Å²) in [6.45, 7) is 13.6. The van der Waals surface area contributed by atoms with Crippen molar-refractivity contribution in [1.82, 2.24) is 14.5 Å². The molecule has 0 spiro atoms. The van der Waals surface area contributed by atoms with Crippen LogP contribution in [0.3, 0.4) is 0 Å². The van der Waals surface area contributed by atoms with Crippen molar-refractivity contribution in [2.75, 3.05) is 0 Å². The van der Waals surface area contributed by atoms with Gasteiger partial charge in [0.1, 0.15) is 5.65 Å². The monoisotopic (exact) mass is 617 g/mol. The highest BCUT2D eigenvalue weighted by Gasteiger charge is 2.25. The number of aromatic nitrogens is 3. The predicted molar refractivity (Wildman–Crippen MR) is 197 cm³/mol. The molecule has 0 N–H and O–H groups in total. The molecule has 3 nitrogen and oxygen atoms in total. The molecule has 0 aliphatic heterocycles. The molecule has 0 saturated heterocycles. The molecule has 3 aromatic heterocycles. The molecular formula is C42H39N3S. The van der Waals surface area contributed by atoms with Gasteiger partial charge in [0.15, 0.2) is 0 Å². The van der Waals surface area contributed by atoms with Gasteiger partial charge in [-0.15, -0.1) is 12.6 Å². The summed E-state index contributed by atoms with van der Waals surface area (Å²) in [5.41, 5.74) is 11.8. The second-order valence-electron chi connectivity index (χ2n) is 14.2. The lowest BCUT2D eigenvalue weighted by Gasteiger charge is -2.28. The summed E-state index contributed by atoms with van der Waals surface area (Å²) in [5.74, 6) is 0. The zero-order chi connectivity index (χ0) is 32.2. The van der Waals surface area contributed by atoms with E-state index in [1.807, 2.05) is 18.3 Å². The highest BCUT2D eigenvalue weighted by molar-refractivity contribution is 7.80. The molecule has 0 amide bonds. The molecule has 46 heavy (non-hydrogen) atoms. The molecule has 228 valence electrons. The van der Waals surface area contributed by atoms with E-state index < -0.39 is 0 Å². The molecule has 7 aromatic rings. The Morgan fingerprint density at radius 1 is 0.587 bits per heavy atom. The van der Waals surface area contributed by atoms with Crippen LogP contribution in [0.5, 0.6) is 0 Å². The van der Waals surface area contributed by atoms with Crippen molar-refractivity contribution in [2.45, 2.75) is 57.3 Å². The van der Waals surface area contributed by atoms with Gasteiger partial charge in [-0.2, -0.15) is 0 Å². The second kappa shape index (κ2) is 11.3. The SMILES string of the molecule is CC(C)(C)c1cc(-c2ccc3c4ccccc4n(-c4cc(-c5ccccc5)cc(-c5ccccn5)c4)c3n2)c(S)c(C(C)(C)C)c1. The number of hydrogen-bond acceptors (Lipinski definition) is 3. The summed E-state index contributed by atoms with van der Waals surface area (Å²) in [6, 6.07) is 40.9. The normalized spacial score (nSPS) is 12.2. The van der Waals surface area contributed by atoms with Crippen LogP contribution in [-0.4, -0.2) is 14.5 Å². The van der Waals surface area contributed by atoms with E-state index in [0.717, 1.165) is 60.8 Å². The lowest BCUT2D eigenvalue weighted by Crippen LogP contribution is -2.17. The average molecular weight is 618 g/mol. The van der Waals surface area contributed by atoms with Gasteiger partial charge in [-0.25, -0.2) is 4.98 Å². The van der Waals surface area contributed by atoms with Gasteiger partial charge in [-0.05, 0) is 87.7 Å². The Morgan fingerprint density at radius 3 is 2.02 bits per heavy atom. The van der Waals surface area contributed by atoms with E-state index in [-0.39, 0.29) is 10.8 Å². The summed E-state index contributed by atoms with van der Waals surface area (Å²) in [6.07, 6.45) is 1.85. The molecule has 0 aliphatic carbocycles. The number of hydrogen-bond donors (Lipinski definition) is 1. The topological polar surface area (TPSA) is 30.7 Å². The number of nitrogens with zero attached hydrogens (tertiary/aromatic N) is 3. The Hall–Kier alpha value is -4.67. The second-order valence-corrected chi connectivity index (χ2v) is 14.6. The van der Waals surface area contributed by atoms with E-state index in [9.17, 15) is 0 Å². The summed E-state index contributed by atoms with van der Waals surface area (Å²) in [5, 5.41) is 2.29. The first-order valence-electron chi connectivity index (χ1n) is 15.9. The maximum absolute atomic E-state index is 5.47. The minimum atomic E-state index is -0.0636. The minimum absolute atomic E-state index is 0.0189. The standard InChI is InChI=1S/C42H39N3S/c1-41(2,3)30-25-34(39(46)35(26-30)42(4,5)6)37-20-19-33-32-16-10-11-18-38(32)45(40(33)44-37)31-23-28(27-14-8-7-9-15-27)22-29(24-31)36-17-12-13-21-43-36/h7-26,46H,1-6H3. The van der Waals surface area contributed by atoms with E-state index in [1.54, 1.807) is 0 Å². The Morgan fingerprint density at radius 2 is 1.30 bits per heavy atom. The number of thiol groups is 1. The maximum atomic E-state index is 5.47. The molecular weight excluding hydrogens is 579 g/mol. The van der Waals surface area contributed by atoms with Crippen LogP contribution in [0.15, 0.2) is 126 Å². The molecule has 0 bridgehead atoms. The van der Waals surface area contributed by atoms with Gasteiger partial charge in [0.05, 0.1) is 16.9 Å². The van der Waals surface area contributed by atoms with E-state index in [0.29, 0.717) is 0 Å². The number of benzene rings is 4. The number of pyridine rings is 2. The van der Waals surface area contributed by atoms with Gasteiger partial charge in [0.25, 0.3) is 0 Å². The summed E-state index contributed by atoms with van der Waals surface area (Å²) >= 11 is 5.15. The molecule has 4 heteroatoms. The molecule has 0 saturated carbocycles.